The topological polar surface area (TPSA) is 60.4 Å². The summed E-state index contributed by atoms with van der Waals surface area (Å²) in [6, 6.07) is 0. The molecule has 0 rings (SSSR count). The van der Waals surface area contributed by atoms with E-state index in [0.29, 0.717) is 6.42 Å². The third-order valence-corrected chi connectivity index (χ3v) is 3.60. The minimum absolute atomic E-state index is 0.333. The molecule has 0 saturated heterocycles. The Morgan fingerprint density at radius 2 is 1.21 bits per heavy atom. The fourth-order valence-electron chi connectivity index (χ4n) is 2.30. The Morgan fingerprint density at radius 1 is 0.842 bits per heavy atom. The lowest BCUT2D eigenvalue weighted by Gasteiger charge is -2.10. The lowest BCUT2D eigenvalue weighted by Crippen LogP contribution is -2.35. The fraction of sp³-hybridized carbons (Fsp3) is 0.938. The zero-order valence-corrected chi connectivity index (χ0v) is 12.5. The fourth-order valence-corrected chi connectivity index (χ4v) is 2.30. The highest BCUT2D eigenvalue weighted by atomic mass is 16.4. The average Bonchev–Trinajstić information content (AvgIpc) is 2.39. The number of aliphatic carboxylic acids is 1. The number of hydrogen-bond acceptors (Lipinski definition) is 3. The van der Waals surface area contributed by atoms with E-state index in [1.54, 1.807) is 0 Å². The third kappa shape index (κ3) is 13.7. The van der Waals surface area contributed by atoms with Gasteiger partial charge in [-0.1, -0.05) is 84.0 Å². The highest BCUT2D eigenvalue weighted by molar-refractivity contribution is 5.69. The molecule has 0 heterocycles. The quantitative estimate of drug-likeness (QED) is 0.494. The lowest BCUT2D eigenvalue weighted by molar-refractivity contribution is -0.315. The molecule has 1 N–H and O–H groups in total. The standard InChI is InChI=1S/C16H32O3/c1-2-3-4-5-6-7-8-9-10-11-12-13-14-15(17)16(18)19/h15,17H,2-14H2,1H3,(H,18,19)/p-1. The van der Waals surface area contributed by atoms with Gasteiger partial charge in [0.15, 0.2) is 0 Å². The summed E-state index contributed by atoms with van der Waals surface area (Å²) >= 11 is 0. The molecule has 0 aromatic heterocycles. The summed E-state index contributed by atoms with van der Waals surface area (Å²) in [5.41, 5.74) is 0. The van der Waals surface area contributed by atoms with E-state index in [2.05, 4.69) is 6.92 Å². The Hall–Kier alpha value is -0.570. The molecule has 1 atom stereocenters. The van der Waals surface area contributed by atoms with Crippen LogP contribution in [0.3, 0.4) is 0 Å². The number of carboxylic acids is 1. The normalized spacial score (nSPS) is 12.5. The van der Waals surface area contributed by atoms with Crippen LogP contribution in [0.4, 0.5) is 0 Å². The smallest absolute Gasteiger partial charge is 0.0933 e. The zero-order valence-electron chi connectivity index (χ0n) is 12.5. The van der Waals surface area contributed by atoms with Crippen LogP contribution in [-0.2, 0) is 4.79 Å². The number of carboxylic acid groups (broad SMARTS) is 1. The van der Waals surface area contributed by atoms with Gasteiger partial charge in [0.05, 0.1) is 12.1 Å². The van der Waals surface area contributed by atoms with Gasteiger partial charge in [-0.3, -0.25) is 0 Å². The Morgan fingerprint density at radius 3 is 1.58 bits per heavy atom. The summed E-state index contributed by atoms with van der Waals surface area (Å²) in [6.07, 6.45) is 14.0. The van der Waals surface area contributed by atoms with E-state index in [4.69, 9.17) is 5.11 Å². The third-order valence-electron chi connectivity index (χ3n) is 3.60. The highest BCUT2D eigenvalue weighted by Crippen LogP contribution is 2.12. The summed E-state index contributed by atoms with van der Waals surface area (Å²) in [4.78, 5) is 10.3. The van der Waals surface area contributed by atoms with Gasteiger partial charge in [-0.2, -0.15) is 0 Å². The van der Waals surface area contributed by atoms with Crippen molar-refractivity contribution in [1.82, 2.24) is 0 Å². The molecule has 0 fully saturated rings. The van der Waals surface area contributed by atoms with Gasteiger partial charge in [-0.25, -0.2) is 0 Å². The molecule has 0 aliphatic heterocycles. The Labute approximate surface area is 118 Å². The first-order valence-electron chi connectivity index (χ1n) is 8.07. The van der Waals surface area contributed by atoms with Crippen LogP contribution in [0, 0.1) is 0 Å². The molecule has 3 nitrogen and oxygen atoms in total. The predicted octanol–water partition coefficient (Wildman–Crippen LogP) is 3.19. The molecular weight excluding hydrogens is 240 g/mol. The van der Waals surface area contributed by atoms with Crippen LogP contribution in [0.15, 0.2) is 0 Å². The SMILES string of the molecule is CCCCCCCCCCCCCCC(O)C(=O)[O-]. The average molecular weight is 271 g/mol. The molecule has 1 unspecified atom stereocenters. The van der Waals surface area contributed by atoms with E-state index in [1.165, 1.54) is 57.8 Å². The Kier molecular flexibility index (Phi) is 13.4. The number of carbonyl (C=O) groups is 1. The van der Waals surface area contributed by atoms with Crippen molar-refractivity contribution in [2.45, 2.75) is 96.5 Å². The predicted molar refractivity (Wildman–Crippen MR) is 76.7 cm³/mol. The monoisotopic (exact) mass is 271 g/mol. The largest absolute Gasteiger partial charge is 0.547 e. The van der Waals surface area contributed by atoms with E-state index in [0.717, 1.165) is 19.3 Å². The number of aliphatic hydroxyl groups is 1. The van der Waals surface area contributed by atoms with Crippen molar-refractivity contribution in [3.63, 3.8) is 0 Å². The first kappa shape index (κ1) is 18.4. The van der Waals surface area contributed by atoms with Crippen molar-refractivity contribution < 1.29 is 15.0 Å². The molecule has 0 saturated carbocycles. The van der Waals surface area contributed by atoms with E-state index in [-0.39, 0.29) is 0 Å². The minimum atomic E-state index is -1.34. The van der Waals surface area contributed by atoms with Crippen LogP contribution < -0.4 is 5.11 Å². The van der Waals surface area contributed by atoms with Crippen molar-refractivity contribution in [2.24, 2.45) is 0 Å². The van der Waals surface area contributed by atoms with Crippen LogP contribution in [0.2, 0.25) is 0 Å². The van der Waals surface area contributed by atoms with Crippen LogP contribution in [0.1, 0.15) is 90.4 Å². The maximum absolute atomic E-state index is 10.3. The molecule has 0 spiro atoms. The van der Waals surface area contributed by atoms with Gasteiger partial charge in [0.25, 0.3) is 0 Å². The maximum Gasteiger partial charge on any atom is 0.0933 e. The molecule has 19 heavy (non-hydrogen) atoms. The molecule has 0 aliphatic rings. The van der Waals surface area contributed by atoms with Crippen molar-refractivity contribution in [3.05, 3.63) is 0 Å². The van der Waals surface area contributed by atoms with Crippen LogP contribution in [-0.4, -0.2) is 17.2 Å². The molecular formula is C16H31O3-. The minimum Gasteiger partial charge on any atom is -0.547 e. The van der Waals surface area contributed by atoms with Crippen LogP contribution >= 0.6 is 0 Å². The van der Waals surface area contributed by atoms with Gasteiger partial charge in [0, 0.05) is 0 Å². The number of hydrogen-bond donors (Lipinski definition) is 1. The van der Waals surface area contributed by atoms with Crippen LogP contribution in [0.25, 0.3) is 0 Å². The summed E-state index contributed by atoms with van der Waals surface area (Å²) in [5.74, 6) is -1.34. The highest BCUT2D eigenvalue weighted by Gasteiger charge is 2.03. The lowest BCUT2D eigenvalue weighted by atomic mass is 10.0. The van der Waals surface area contributed by atoms with Crippen molar-refractivity contribution in [3.8, 4) is 0 Å². The molecule has 0 aromatic rings. The van der Waals surface area contributed by atoms with Crippen molar-refractivity contribution in [1.29, 1.82) is 0 Å². The molecule has 114 valence electrons. The second-order valence-electron chi connectivity index (χ2n) is 5.51. The van der Waals surface area contributed by atoms with Gasteiger partial charge < -0.3 is 15.0 Å². The molecule has 0 bridgehead atoms. The van der Waals surface area contributed by atoms with E-state index < -0.39 is 12.1 Å². The van der Waals surface area contributed by atoms with Gasteiger partial charge in [0.1, 0.15) is 0 Å². The zero-order chi connectivity index (χ0) is 14.3. The van der Waals surface area contributed by atoms with Crippen molar-refractivity contribution >= 4 is 5.97 Å². The van der Waals surface area contributed by atoms with Gasteiger partial charge >= 0.3 is 0 Å². The molecule has 0 amide bonds. The summed E-state index contributed by atoms with van der Waals surface area (Å²) in [5, 5.41) is 19.3. The first-order chi connectivity index (χ1) is 9.18. The van der Waals surface area contributed by atoms with E-state index >= 15 is 0 Å². The van der Waals surface area contributed by atoms with E-state index in [9.17, 15) is 9.90 Å². The van der Waals surface area contributed by atoms with Crippen molar-refractivity contribution in [2.75, 3.05) is 0 Å². The van der Waals surface area contributed by atoms with E-state index in [1.807, 2.05) is 0 Å². The van der Waals surface area contributed by atoms with Gasteiger partial charge in [-0.05, 0) is 6.42 Å². The van der Waals surface area contributed by atoms with Gasteiger partial charge in [-0.15, -0.1) is 0 Å². The molecule has 0 aromatic carbocycles. The summed E-state index contributed by atoms with van der Waals surface area (Å²) in [7, 11) is 0. The Balaban J connectivity index is 3.05. The number of carbonyl (C=O) groups excluding carboxylic acids is 1. The Bertz CT molecular complexity index is 204. The molecule has 0 radical (unpaired) electrons. The number of unbranched alkanes of at least 4 members (excludes halogenated alkanes) is 11. The second-order valence-corrected chi connectivity index (χ2v) is 5.51. The van der Waals surface area contributed by atoms with Crippen LogP contribution in [0.5, 0.6) is 0 Å². The number of aliphatic hydroxyl groups excluding tert-OH is 1. The molecule has 3 heteroatoms. The molecule has 0 aliphatic carbocycles. The number of rotatable bonds is 14. The second kappa shape index (κ2) is 13.9. The summed E-state index contributed by atoms with van der Waals surface area (Å²) in [6.45, 7) is 2.24. The van der Waals surface area contributed by atoms with Gasteiger partial charge in [0.2, 0.25) is 0 Å². The first-order valence-corrected chi connectivity index (χ1v) is 8.07. The maximum atomic E-state index is 10.3. The summed E-state index contributed by atoms with van der Waals surface area (Å²) < 4.78 is 0.